The van der Waals surface area contributed by atoms with Crippen molar-refractivity contribution in [3.63, 3.8) is 0 Å². The lowest BCUT2D eigenvalue weighted by molar-refractivity contribution is 0.0951. The number of benzene rings is 2. The van der Waals surface area contributed by atoms with Crippen LogP contribution in [-0.2, 0) is 29.4 Å². The monoisotopic (exact) mass is 424 g/mol. The molecule has 0 atom stereocenters. The van der Waals surface area contributed by atoms with Crippen LogP contribution in [-0.4, -0.2) is 30.7 Å². The van der Waals surface area contributed by atoms with E-state index >= 15 is 0 Å². The third-order valence-electron chi connectivity index (χ3n) is 6.35. The van der Waals surface area contributed by atoms with Gasteiger partial charge in [0, 0.05) is 24.2 Å². The van der Waals surface area contributed by atoms with E-state index in [1.807, 2.05) is 24.3 Å². The molecule has 6 heteroatoms. The van der Waals surface area contributed by atoms with Crippen LogP contribution in [0.3, 0.4) is 0 Å². The van der Waals surface area contributed by atoms with E-state index in [2.05, 4.69) is 5.32 Å². The summed E-state index contributed by atoms with van der Waals surface area (Å²) in [7, 11) is -3.55. The van der Waals surface area contributed by atoms with Gasteiger partial charge in [0.1, 0.15) is 0 Å². The fourth-order valence-electron chi connectivity index (χ4n) is 4.22. The van der Waals surface area contributed by atoms with E-state index in [4.69, 9.17) is 0 Å². The number of carbonyl (C=O) groups excluding carboxylic acids is 1. The molecule has 1 amide bonds. The maximum absolute atomic E-state index is 13.5. The predicted octanol–water partition coefficient (Wildman–Crippen LogP) is 3.81. The van der Waals surface area contributed by atoms with E-state index in [0.717, 1.165) is 50.5 Å². The number of rotatable bonds is 7. The summed E-state index contributed by atoms with van der Waals surface area (Å²) in [6.07, 6.45) is 8.25. The summed E-state index contributed by atoms with van der Waals surface area (Å²) in [5, 5.41) is 2.98. The molecule has 0 saturated heterocycles. The molecule has 2 saturated carbocycles. The predicted molar refractivity (Wildman–Crippen MR) is 116 cm³/mol. The lowest BCUT2D eigenvalue weighted by Gasteiger charge is -2.24. The number of sulfonamides is 1. The van der Waals surface area contributed by atoms with Crippen LogP contribution < -0.4 is 5.32 Å². The number of nitrogens with one attached hydrogen (secondary N) is 1. The van der Waals surface area contributed by atoms with Crippen LogP contribution in [0.4, 0.5) is 0 Å². The Morgan fingerprint density at radius 2 is 1.63 bits per heavy atom. The van der Waals surface area contributed by atoms with E-state index in [0.29, 0.717) is 23.0 Å². The fraction of sp³-hybridized carbons (Fsp3) is 0.458. The minimum Gasteiger partial charge on any atom is -0.349 e. The molecule has 2 aromatic carbocycles. The second-order valence-corrected chi connectivity index (χ2v) is 10.8. The zero-order chi connectivity index (χ0) is 20.7. The highest BCUT2D eigenvalue weighted by Crippen LogP contribution is 2.35. The van der Waals surface area contributed by atoms with E-state index < -0.39 is 10.0 Å². The molecule has 0 radical (unpaired) electrons. The third kappa shape index (κ3) is 4.16. The van der Waals surface area contributed by atoms with Gasteiger partial charge < -0.3 is 5.32 Å². The van der Waals surface area contributed by atoms with Gasteiger partial charge in [-0.05, 0) is 92.3 Å². The third-order valence-corrected chi connectivity index (χ3v) is 8.24. The van der Waals surface area contributed by atoms with Crippen molar-refractivity contribution in [2.24, 2.45) is 0 Å². The molecule has 0 spiro atoms. The van der Waals surface area contributed by atoms with Crippen molar-refractivity contribution in [2.45, 2.75) is 74.9 Å². The molecule has 2 aromatic rings. The fourth-order valence-corrected chi connectivity index (χ4v) is 5.94. The molecule has 0 aliphatic heterocycles. The van der Waals surface area contributed by atoms with Gasteiger partial charge in [0.05, 0.1) is 4.90 Å². The van der Waals surface area contributed by atoms with Gasteiger partial charge in [-0.3, -0.25) is 4.79 Å². The van der Waals surface area contributed by atoms with Gasteiger partial charge in [0.25, 0.3) is 5.91 Å². The number of carbonyl (C=O) groups is 1. The van der Waals surface area contributed by atoms with Crippen LogP contribution >= 0.6 is 0 Å². The van der Waals surface area contributed by atoms with E-state index in [1.165, 1.54) is 17.5 Å². The van der Waals surface area contributed by atoms with Crippen LogP contribution in [0.5, 0.6) is 0 Å². The lowest BCUT2D eigenvalue weighted by atomic mass is 9.92. The highest BCUT2D eigenvalue weighted by atomic mass is 32.2. The van der Waals surface area contributed by atoms with Crippen molar-refractivity contribution >= 4 is 15.9 Å². The highest BCUT2D eigenvalue weighted by molar-refractivity contribution is 7.89. The Labute approximate surface area is 178 Å². The first-order valence-electron chi connectivity index (χ1n) is 11.0. The topological polar surface area (TPSA) is 66.5 Å². The van der Waals surface area contributed by atoms with Crippen LogP contribution in [0.2, 0.25) is 0 Å². The van der Waals surface area contributed by atoms with Crippen molar-refractivity contribution in [1.29, 1.82) is 0 Å². The second-order valence-electron chi connectivity index (χ2n) is 8.86. The normalized spacial score (nSPS) is 18.8. The minimum atomic E-state index is -3.55. The van der Waals surface area contributed by atoms with Crippen molar-refractivity contribution in [3.8, 4) is 0 Å². The summed E-state index contributed by atoms with van der Waals surface area (Å²) < 4.78 is 28.6. The number of fused-ring (bicyclic) bond motifs is 1. The van der Waals surface area contributed by atoms with Gasteiger partial charge in [0.15, 0.2) is 0 Å². The van der Waals surface area contributed by atoms with Crippen LogP contribution in [0.25, 0.3) is 0 Å². The summed E-state index contributed by atoms with van der Waals surface area (Å²) in [6.45, 7) is 0.342. The number of aryl methyl sites for hydroxylation is 2. The van der Waals surface area contributed by atoms with Gasteiger partial charge in [-0.1, -0.05) is 18.2 Å². The zero-order valence-corrected chi connectivity index (χ0v) is 18.0. The van der Waals surface area contributed by atoms with Gasteiger partial charge in [-0.15, -0.1) is 0 Å². The first-order valence-corrected chi connectivity index (χ1v) is 12.5. The highest BCUT2D eigenvalue weighted by Gasteiger charge is 2.38. The molecule has 3 aliphatic carbocycles. The number of hydrogen-bond acceptors (Lipinski definition) is 3. The van der Waals surface area contributed by atoms with Gasteiger partial charge in [0.2, 0.25) is 10.0 Å². The second kappa shape index (κ2) is 7.82. The largest absolute Gasteiger partial charge is 0.349 e. The molecule has 30 heavy (non-hydrogen) atoms. The molecule has 1 N–H and O–H groups in total. The van der Waals surface area contributed by atoms with Crippen LogP contribution in [0, 0.1) is 0 Å². The van der Waals surface area contributed by atoms with Gasteiger partial charge in [-0.25, -0.2) is 8.42 Å². The maximum Gasteiger partial charge on any atom is 0.251 e. The Balaban J connectivity index is 1.35. The van der Waals surface area contributed by atoms with E-state index in [9.17, 15) is 13.2 Å². The summed E-state index contributed by atoms with van der Waals surface area (Å²) >= 11 is 0. The molecule has 158 valence electrons. The molecular formula is C24H28N2O3S. The number of nitrogens with zero attached hydrogens (tertiary/aromatic N) is 1. The molecule has 0 heterocycles. The summed E-state index contributed by atoms with van der Waals surface area (Å²) in [5.74, 6) is -0.0511. The molecule has 0 unspecified atom stereocenters. The minimum absolute atomic E-state index is 0.0511. The Hall–Kier alpha value is -2.18. The number of hydrogen-bond donors (Lipinski definition) is 1. The van der Waals surface area contributed by atoms with Crippen molar-refractivity contribution in [1.82, 2.24) is 9.62 Å². The summed E-state index contributed by atoms with van der Waals surface area (Å²) in [4.78, 5) is 12.6. The Kier molecular flexibility index (Phi) is 5.15. The Bertz CT molecular complexity index is 1050. The standard InChI is InChI=1S/C24H28N2O3S/c27-24(25-21-10-11-21)19-7-5-17(6-8-19)16-26(22-12-13-22)30(28,29)23-14-9-18-3-1-2-4-20(18)15-23/h5-9,14-15,21-22H,1-4,10-13,16H2,(H,25,27). The van der Waals surface area contributed by atoms with Crippen LogP contribution in [0.15, 0.2) is 47.4 Å². The quantitative estimate of drug-likeness (QED) is 0.735. The molecule has 2 fully saturated rings. The first-order chi connectivity index (χ1) is 14.5. The lowest BCUT2D eigenvalue weighted by Crippen LogP contribution is -2.33. The average Bonchev–Trinajstić information content (AvgIpc) is 3.67. The summed E-state index contributed by atoms with van der Waals surface area (Å²) in [6, 6.07) is 13.4. The van der Waals surface area contributed by atoms with Crippen molar-refractivity contribution in [3.05, 3.63) is 64.7 Å². The zero-order valence-electron chi connectivity index (χ0n) is 17.1. The molecule has 5 rings (SSSR count). The molecule has 0 bridgehead atoms. The Morgan fingerprint density at radius 1 is 0.933 bits per heavy atom. The SMILES string of the molecule is O=C(NC1CC1)c1ccc(CN(C2CC2)S(=O)(=O)c2ccc3c(c2)CCCC3)cc1. The molecule has 5 nitrogen and oxygen atoms in total. The van der Waals surface area contributed by atoms with E-state index in [1.54, 1.807) is 22.5 Å². The van der Waals surface area contributed by atoms with Crippen molar-refractivity contribution in [2.75, 3.05) is 0 Å². The maximum atomic E-state index is 13.5. The van der Waals surface area contributed by atoms with Crippen molar-refractivity contribution < 1.29 is 13.2 Å². The molecular weight excluding hydrogens is 396 g/mol. The Morgan fingerprint density at radius 3 is 2.30 bits per heavy atom. The molecule has 3 aliphatic rings. The average molecular weight is 425 g/mol. The van der Waals surface area contributed by atoms with Crippen LogP contribution in [0.1, 0.15) is 65.6 Å². The molecule has 0 aromatic heterocycles. The first kappa shape index (κ1) is 19.8. The van der Waals surface area contributed by atoms with Gasteiger partial charge >= 0.3 is 0 Å². The van der Waals surface area contributed by atoms with E-state index in [-0.39, 0.29) is 11.9 Å². The van der Waals surface area contributed by atoms with Gasteiger partial charge in [-0.2, -0.15) is 4.31 Å². The summed E-state index contributed by atoms with van der Waals surface area (Å²) in [5.41, 5.74) is 4.01. The smallest absolute Gasteiger partial charge is 0.251 e. The number of amides is 1.